The minimum Gasteiger partial charge on any atom is -0.375 e. The van der Waals surface area contributed by atoms with Gasteiger partial charge in [0.1, 0.15) is 12.1 Å². The van der Waals surface area contributed by atoms with Gasteiger partial charge < -0.3 is 9.64 Å². The van der Waals surface area contributed by atoms with E-state index in [0.29, 0.717) is 5.92 Å². The number of hydrogen-bond donors (Lipinski definition) is 0. The predicted octanol–water partition coefficient (Wildman–Crippen LogP) is 2.19. The second-order valence-electron chi connectivity index (χ2n) is 6.97. The Bertz CT molecular complexity index is 685. The highest BCUT2D eigenvalue weighted by Crippen LogP contribution is 2.40. The Kier molecular flexibility index (Phi) is 4.14. The molecule has 1 atom stereocenters. The van der Waals surface area contributed by atoms with Gasteiger partial charge in [0, 0.05) is 43.4 Å². The van der Waals surface area contributed by atoms with Crippen molar-refractivity contribution in [2.75, 3.05) is 24.6 Å². The molecule has 0 aliphatic carbocycles. The predicted molar refractivity (Wildman–Crippen MR) is 90.7 cm³/mol. The van der Waals surface area contributed by atoms with Crippen molar-refractivity contribution in [2.45, 2.75) is 38.2 Å². The molecule has 0 bridgehead atoms. The van der Waals surface area contributed by atoms with Crippen LogP contribution in [0, 0.1) is 12.8 Å². The van der Waals surface area contributed by atoms with E-state index < -0.39 is 0 Å². The van der Waals surface area contributed by atoms with Crippen molar-refractivity contribution in [1.29, 1.82) is 0 Å². The Morgan fingerprint density at radius 3 is 2.83 bits per heavy atom. The largest absolute Gasteiger partial charge is 0.375 e. The molecule has 2 saturated heterocycles. The van der Waals surface area contributed by atoms with Crippen molar-refractivity contribution in [3.63, 3.8) is 0 Å². The lowest BCUT2D eigenvalue weighted by atomic mass is 9.84. The summed E-state index contributed by atoms with van der Waals surface area (Å²) in [5.74, 6) is 1.58. The van der Waals surface area contributed by atoms with Crippen LogP contribution >= 0.6 is 0 Å². The van der Waals surface area contributed by atoms with Gasteiger partial charge >= 0.3 is 0 Å². The van der Waals surface area contributed by atoms with Crippen LogP contribution < -0.4 is 4.90 Å². The number of rotatable bonds is 3. The second kappa shape index (κ2) is 6.43. The summed E-state index contributed by atoms with van der Waals surface area (Å²) < 4.78 is 6.27. The molecule has 126 valence electrons. The van der Waals surface area contributed by atoms with Crippen molar-refractivity contribution in [2.24, 2.45) is 5.92 Å². The molecule has 6 heteroatoms. The fraction of sp³-hybridized carbons (Fsp3) is 0.556. The molecule has 2 aromatic heterocycles. The second-order valence-corrected chi connectivity index (χ2v) is 6.97. The number of hydrogen-bond acceptors (Lipinski definition) is 6. The third-order valence-electron chi connectivity index (χ3n) is 5.19. The molecule has 24 heavy (non-hydrogen) atoms. The highest BCUT2D eigenvalue weighted by Gasteiger charge is 2.42. The number of nitrogens with zero attached hydrogens (tertiary/aromatic N) is 5. The Morgan fingerprint density at radius 1 is 1.21 bits per heavy atom. The monoisotopic (exact) mass is 325 g/mol. The lowest BCUT2D eigenvalue weighted by Crippen LogP contribution is -2.44. The van der Waals surface area contributed by atoms with Crippen LogP contribution in [0.3, 0.4) is 0 Å². The molecule has 0 saturated carbocycles. The first kappa shape index (κ1) is 15.4. The average Bonchev–Trinajstić information content (AvgIpc) is 2.99. The van der Waals surface area contributed by atoms with Gasteiger partial charge in [0.25, 0.3) is 0 Å². The van der Waals surface area contributed by atoms with E-state index in [0.717, 1.165) is 62.6 Å². The topological polar surface area (TPSA) is 64.0 Å². The van der Waals surface area contributed by atoms with Crippen LogP contribution in [-0.2, 0) is 11.2 Å². The Labute approximate surface area is 142 Å². The molecule has 2 fully saturated rings. The summed E-state index contributed by atoms with van der Waals surface area (Å²) in [5.41, 5.74) is 2.13. The van der Waals surface area contributed by atoms with Gasteiger partial charge in [-0.05, 0) is 38.5 Å². The van der Waals surface area contributed by atoms with E-state index in [4.69, 9.17) is 4.74 Å². The highest BCUT2D eigenvalue weighted by atomic mass is 16.5. The zero-order valence-electron chi connectivity index (χ0n) is 14.1. The quantitative estimate of drug-likeness (QED) is 0.862. The molecule has 0 amide bonds. The van der Waals surface area contributed by atoms with Crippen LogP contribution in [0.4, 0.5) is 5.82 Å². The molecule has 2 aromatic rings. The normalized spacial score (nSPS) is 22.9. The van der Waals surface area contributed by atoms with Gasteiger partial charge in [-0.3, -0.25) is 9.97 Å². The van der Waals surface area contributed by atoms with Crippen LogP contribution in [-0.4, -0.2) is 45.2 Å². The van der Waals surface area contributed by atoms with Crippen LogP contribution in [0.1, 0.15) is 30.7 Å². The Hall–Kier alpha value is -2.08. The van der Waals surface area contributed by atoms with Crippen LogP contribution in [0.2, 0.25) is 0 Å². The zero-order valence-corrected chi connectivity index (χ0v) is 14.1. The minimum absolute atomic E-state index is 0.0471. The van der Waals surface area contributed by atoms with Crippen molar-refractivity contribution >= 4 is 5.82 Å². The van der Waals surface area contributed by atoms with E-state index >= 15 is 0 Å². The smallest absolute Gasteiger partial charge is 0.132 e. The molecule has 1 spiro atoms. The maximum absolute atomic E-state index is 6.27. The third kappa shape index (κ3) is 3.24. The standard InChI is InChI=1S/C18H23N5O/c1-14-8-17(22-13-21-14)23-6-2-18(3-7-23)10-15(12-24-18)9-16-11-19-4-5-20-16/h4-5,8,11,13,15H,2-3,6-7,9-10,12H2,1H3/t15-/m1/s1. The van der Waals surface area contributed by atoms with Crippen LogP contribution in [0.5, 0.6) is 0 Å². The number of ether oxygens (including phenoxy) is 1. The molecule has 4 heterocycles. The van der Waals surface area contributed by atoms with E-state index in [1.54, 1.807) is 18.7 Å². The van der Waals surface area contributed by atoms with Gasteiger partial charge in [-0.1, -0.05) is 0 Å². The highest BCUT2D eigenvalue weighted by molar-refractivity contribution is 5.39. The van der Waals surface area contributed by atoms with Gasteiger partial charge in [-0.2, -0.15) is 0 Å². The van der Waals surface area contributed by atoms with Gasteiger partial charge in [-0.25, -0.2) is 9.97 Å². The van der Waals surface area contributed by atoms with Crippen molar-refractivity contribution in [3.8, 4) is 0 Å². The van der Waals surface area contributed by atoms with E-state index in [1.165, 1.54) is 0 Å². The lowest BCUT2D eigenvalue weighted by Gasteiger charge is -2.39. The lowest BCUT2D eigenvalue weighted by molar-refractivity contribution is -0.0153. The molecule has 2 aliphatic heterocycles. The first-order valence-electron chi connectivity index (χ1n) is 8.65. The summed E-state index contributed by atoms with van der Waals surface area (Å²) in [5, 5.41) is 0. The summed E-state index contributed by atoms with van der Waals surface area (Å²) in [7, 11) is 0. The Morgan fingerprint density at radius 2 is 2.08 bits per heavy atom. The number of piperidine rings is 1. The fourth-order valence-corrected chi connectivity index (χ4v) is 3.91. The molecular formula is C18H23N5O. The molecule has 4 rings (SSSR count). The van der Waals surface area contributed by atoms with E-state index in [2.05, 4.69) is 30.9 Å². The molecule has 0 radical (unpaired) electrons. The summed E-state index contributed by atoms with van der Waals surface area (Å²) in [6.45, 7) is 4.83. The van der Waals surface area contributed by atoms with Gasteiger partial charge in [-0.15, -0.1) is 0 Å². The van der Waals surface area contributed by atoms with E-state index in [-0.39, 0.29) is 5.60 Å². The Balaban J connectivity index is 1.35. The first-order valence-corrected chi connectivity index (χ1v) is 8.65. The number of aromatic nitrogens is 4. The summed E-state index contributed by atoms with van der Waals surface area (Å²) in [6, 6.07) is 2.06. The molecule has 2 aliphatic rings. The molecule has 0 unspecified atom stereocenters. The molecular weight excluding hydrogens is 302 g/mol. The molecule has 0 aromatic carbocycles. The number of anilines is 1. The van der Waals surface area contributed by atoms with Crippen LogP contribution in [0.15, 0.2) is 31.0 Å². The molecule has 6 nitrogen and oxygen atoms in total. The van der Waals surface area contributed by atoms with Gasteiger partial charge in [0.15, 0.2) is 0 Å². The van der Waals surface area contributed by atoms with Crippen molar-refractivity contribution in [1.82, 2.24) is 19.9 Å². The minimum atomic E-state index is 0.0471. The summed E-state index contributed by atoms with van der Waals surface area (Å²) in [4.78, 5) is 19.5. The molecule has 0 N–H and O–H groups in total. The average molecular weight is 325 g/mol. The number of aryl methyl sites for hydroxylation is 1. The maximum atomic E-state index is 6.27. The van der Waals surface area contributed by atoms with Gasteiger partial charge in [0.2, 0.25) is 0 Å². The first-order chi connectivity index (χ1) is 11.7. The van der Waals surface area contributed by atoms with Crippen molar-refractivity contribution < 1.29 is 4.74 Å². The third-order valence-corrected chi connectivity index (χ3v) is 5.19. The SMILES string of the molecule is Cc1cc(N2CCC3(CC2)C[C@@H](Cc2cnccn2)CO3)ncn1. The zero-order chi connectivity index (χ0) is 16.4. The van der Waals surface area contributed by atoms with Gasteiger partial charge in [0.05, 0.1) is 17.9 Å². The summed E-state index contributed by atoms with van der Waals surface area (Å²) >= 11 is 0. The van der Waals surface area contributed by atoms with E-state index in [9.17, 15) is 0 Å². The maximum Gasteiger partial charge on any atom is 0.132 e. The van der Waals surface area contributed by atoms with Crippen molar-refractivity contribution in [3.05, 3.63) is 42.4 Å². The van der Waals surface area contributed by atoms with E-state index in [1.807, 2.05) is 13.1 Å². The fourth-order valence-electron chi connectivity index (χ4n) is 3.91. The van der Waals surface area contributed by atoms with Crippen LogP contribution in [0.25, 0.3) is 0 Å². The summed E-state index contributed by atoms with van der Waals surface area (Å²) in [6.07, 6.45) is 11.2.